The van der Waals surface area contributed by atoms with E-state index in [1.807, 2.05) is 13.8 Å². The van der Waals surface area contributed by atoms with Gasteiger partial charge < -0.3 is 10.4 Å². The summed E-state index contributed by atoms with van der Waals surface area (Å²) in [6, 6.07) is 6.26. The second-order valence-electron chi connectivity index (χ2n) is 5.51. The Morgan fingerprint density at radius 3 is 2.76 bits per heavy atom. The van der Waals surface area contributed by atoms with Crippen molar-refractivity contribution in [2.75, 3.05) is 6.54 Å². The molecule has 1 unspecified atom stereocenters. The number of carbonyl (C=O) groups is 1. The largest absolute Gasteiger partial charge is 0.391 e. The van der Waals surface area contributed by atoms with Gasteiger partial charge in [0.05, 0.1) is 11.0 Å². The highest BCUT2D eigenvalue weighted by Crippen LogP contribution is 2.14. The zero-order chi connectivity index (χ0) is 15.8. The SMILES string of the molecule is CC(C)CC(O)CNC(=O)CCc1cccc([N+](=O)[O-])c1. The molecule has 0 aliphatic heterocycles. The maximum absolute atomic E-state index is 11.7. The minimum Gasteiger partial charge on any atom is -0.391 e. The van der Waals surface area contributed by atoms with Crippen LogP contribution >= 0.6 is 0 Å². The van der Waals surface area contributed by atoms with Crippen LogP contribution in [0.1, 0.15) is 32.3 Å². The van der Waals surface area contributed by atoms with Crippen LogP contribution in [0.15, 0.2) is 24.3 Å². The standard InChI is InChI=1S/C15H22N2O4/c1-11(2)8-14(18)10-16-15(19)7-6-12-4-3-5-13(9-12)17(20)21/h3-5,9,11,14,18H,6-8,10H2,1-2H3,(H,16,19). The maximum Gasteiger partial charge on any atom is 0.269 e. The third kappa shape index (κ3) is 6.85. The summed E-state index contributed by atoms with van der Waals surface area (Å²) in [5.74, 6) is 0.214. The van der Waals surface area contributed by atoms with Gasteiger partial charge in [0, 0.05) is 25.1 Å². The Balaban J connectivity index is 2.36. The molecule has 0 saturated carbocycles. The molecule has 6 nitrogen and oxygen atoms in total. The van der Waals surface area contributed by atoms with Crippen molar-refractivity contribution in [2.24, 2.45) is 5.92 Å². The summed E-state index contributed by atoms with van der Waals surface area (Å²) in [5.41, 5.74) is 0.780. The van der Waals surface area contributed by atoms with Gasteiger partial charge in [0.2, 0.25) is 5.91 Å². The number of aliphatic hydroxyl groups is 1. The van der Waals surface area contributed by atoms with Gasteiger partial charge in [0.15, 0.2) is 0 Å². The van der Waals surface area contributed by atoms with Crippen LogP contribution in [0.2, 0.25) is 0 Å². The fraction of sp³-hybridized carbons (Fsp3) is 0.533. The van der Waals surface area contributed by atoms with E-state index in [1.165, 1.54) is 12.1 Å². The minimum atomic E-state index is -0.535. The second kappa shape index (κ2) is 8.36. The van der Waals surface area contributed by atoms with Crippen LogP contribution in [0, 0.1) is 16.0 Å². The molecule has 1 amide bonds. The number of rotatable bonds is 8. The molecular weight excluding hydrogens is 272 g/mol. The van der Waals surface area contributed by atoms with Gasteiger partial charge in [0.25, 0.3) is 5.69 Å². The van der Waals surface area contributed by atoms with Gasteiger partial charge in [-0.3, -0.25) is 14.9 Å². The molecule has 1 rings (SSSR count). The van der Waals surface area contributed by atoms with E-state index in [9.17, 15) is 20.0 Å². The number of amides is 1. The van der Waals surface area contributed by atoms with Crippen molar-refractivity contribution >= 4 is 11.6 Å². The first kappa shape index (κ1) is 17.1. The number of benzene rings is 1. The summed E-state index contributed by atoms with van der Waals surface area (Å²) >= 11 is 0. The minimum absolute atomic E-state index is 0.0280. The molecule has 1 atom stereocenters. The molecule has 21 heavy (non-hydrogen) atoms. The summed E-state index contributed by atoms with van der Waals surface area (Å²) in [4.78, 5) is 21.9. The van der Waals surface area contributed by atoms with Gasteiger partial charge in [-0.05, 0) is 24.3 Å². The van der Waals surface area contributed by atoms with Crippen LogP contribution in [0.3, 0.4) is 0 Å². The van der Waals surface area contributed by atoms with Crippen molar-refractivity contribution in [3.8, 4) is 0 Å². The number of nitro groups is 1. The van der Waals surface area contributed by atoms with E-state index in [4.69, 9.17) is 0 Å². The molecule has 0 aromatic heterocycles. The summed E-state index contributed by atoms with van der Waals surface area (Å²) < 4.78 is 0. The highest BCUT2D eigenvalue weighted by atomic mass is 16.6. The van der Waals surface area contributed by atoms with Gasteiger partial charge in [-0.25, -0.2) is 0 Å². The Kier molecular flexibility index (Phi) is 6.81. The number of hydrogen-bond acceptors (Lipinski definition) is 4. The Morgan fingerprint density at radius 2 is 2.14 bits per heavy atom. The van der Waals surface area contributed by atoms with Gasteiger partial charge in [-0.1, -0.05) is 26.0 Å². The van der Waals surface area contributed by atoms with E-state index in [2.05, 4.69) is 5.32 Å². The smallest absolute Gasteiger partial charge is 0.269 e. The Labute approximate surface area is 124 Å². The quantitative estimate of drug-likeness (QED) is 0.567. The van der Waals surface area contributed by atoms with E-state index in [0.29, 0.717) is 18.8 Å². The van der Waals surface area contributed by atoms with Gasteiger partial charge in [0.1, 0.15) is 0 Å². The Morgan fingerprint density at radius 1 is 1.43 bits per heavy atom. The number of carbonyl (C=O) groups excluding carboxylic acids is 1. The molecule has 6 heteroatoms. The lowest BCUT2D eigenvalue weighted by Gasteiger charge is -2.13. The Hall–Kier alpha value is -1.95. The van der Waals surface area contributed by atoms with Crippen LogP contribution in [0.25, 0.3) is 0 Å². The predicted octanol–water partition coefficient (Wildman–Crippen LogP) is 2.05. The van der Waals surface area contributed by atoms with E-state index in [-0.39, 0.29) is 24.6 Å². The monoisotopic (exact) mass is 294 g/mol. The summed E-state index contributed by atoms with van der Waals surface area (Å²) in [6.07, 6.45) is 0.792. The normalized spacial score (nSPS) is 12.2. The molecule has 1 aromatic rings. The molecule has 116 valence electrons. The summed E-state index contributed by atoms with van der Waals surface area (Å²) in [6.45, 7) is 4.26. The molecule has 0 aliphatic carbocycles. The molecule has 0 saturated heterocycles. The van der Waals surface area contributed by atoms with Crippen molar-refractivity contribution in [3.63, 3.8) is 0 Å². The molecule has 1 aromatic carbocycles. The van der Waals surface area contributed by atoms with E-state index in [0.717, 1.165) is 5.56 Å². The van der Waals surface area contributed by atoms with Crippen molar-refractivity contribution in [1.82, 2.24) is 5.32 Å². The highest BCUT2D eigenvalue weighted by molar-refractivity contribution is 5.76. The molecule has 0 heterocycles. The number of aryl methyl sites for hydroxylation is 1. The first-order valence-electron chi connectivity index (χ1n) is 7.06. The van der Waals surface area contributed by atoms with Crippen LogP contribution in [0.5, 0.6) is 0 Å². The lowest BCUT2D eigenvalue weighted by Crippen LogP contribution is -2.32. The molecule has 0 spiro atoms. The van der Waals surface area contributed by atoms with E-state index in [1.54, 1.807) is 12.1 Å². The van der Waals surface area contributed by atoms with Crippen LogP contribution in [0.4, 0.5) is 5.69 Å². The summed E-state index contributed by atoms with van der Waals surface area (Å²) in [5, 5.41) is 23.0. The summed E-state index contributed by atoms with van der Waals surface area (Å²) in [7, 11) is 0. The maximum atomic E-state index is 11.7. The fourth-order valence-electron chi connectivity index (χ4n) is 2.03. The van der Waals surface area contributed by atoms with Crippen molar-refractivity contribution in [1.29, 1.82) is 0 Å². The average molecular weight is 294 g/mol. The van der Waals surface area contributed by atoms with Crippen molar-refractivity contribution < 1.29 is 14.8 Å². The Bertz CT molecular complexity index is 488. The fourth-order valence-corrected chi connectivity index (χ4v) is 2.03. The van der Waals surface area contributed by atoms with Crippen LogP contribution in [-0.4, -0.2) is 28.6 Å². The highest BCUT2D eigenvalue weighted by Gasteiger charge is 2.10. The van der Waals surface area contributed by atoms with E-state index < -0.39 is 11.0 Å². The topological polar surface area (TPSA) is 92.5 Å². The average Bonchev–Trinajstić information content (AvgIpc) is 2.42. The molecule has 0 radical (unpaired) electrons. The van der Waals surface area contributed by atoms with Gasteiger partial charge in [-0.2, -0.15) is 0 Å². The second-order valence-corrected chi connectivity index (χ2v) is 5.51. The number of aliphatic hydroxyl groups excluding tert-OH is 1. The number of hydrogen-bond donors (Lipinski definition) is 2. The van der Waals surface area contributed by atoms with Gasteiger partial charge in [-0.15, -0.1) is 0 Å². The van der Waals surface area contributed by atoms with Gasteiger partial charge >= 0.3 is 0 Å². The van der Waals surface area contributed by atoms with Crippen LogP contribution in [-0.2, 0) is 11.2 Å². The first-order chi connectivity index (χ1) is 9.88. The lowest BCUT2D eigenvalue weighted by molar-refractivity contribution is -0.384. The number of nitro benzene ring substituents is 1. The van der Waals surface area contributed by atoms with Crippen molar-refractivity contribution in [2.45, 2.75) is 39.2 Å². The number of non-ortho nitro benzene ring substituents is 1. The third-order valence-corrected chi connectivity index (χ3v) is 3.04. The third-order valence-electron chi connectivity index (χ3n) is 3.04. The zero-order valence-corrected chi connectivity index (χ0v) is 12.4. The van der Waals surface area contributed by atoms with Crippen molar-refractivity contribution in [3.05, 3.63) is 39.9 Å². The molecule has 0 fully saturated rings. The number of nitrogens with zero attached hydrogens (tertiary/aromatic N) is 1. The molecule has 0 bridgehead atoms. The van der Waals surface area contributed by atoms with E-state index >= 15 is 0 Å². The molecular formula is C15H22N2O4. The van der Waals surface area contributed by atoms with Crippen LogP contribution < -0.4 is 5.32 Å². The predicted molar refractivity (Wildman–Crippen MR) is 79.9 cm³/mol. The molecule has 0 aliphatic rings. The molecule has 2 N–H and O–H groups in total. The first-order valence-corrected chi connectivity index (χ1v) is 7.06. The lowest BCUT2D eigenvalue weighted by atomic mass is 10.1. The zero-order valence-electron chi connectivity index (χ0n) is 12.4. The number of nitrogens with one attached hydrogen (secondary N) is 1.